The summed E-state index contributed by atoms with van der Waals surface area (Å²) in [6, 6.07) is 8.41. The predicted molar refractivity (Wildman–Crippen MR) is 78.2 cm³/mol. The molecule has 108 valence electrons. The van der Waals surface area contributed by atoms with E-state index in [4.69, 9.17) is 4.84 Å². The second kappa shape index (κ2) is 6.03. The van der Waals surface area contributed by atoms with E-state index in [0.717, 1.165) is 23.4 Å². The lowest BCUT2D eigenvalue weighted by Crippen LogP contribution is -2.52. The number of aromatic nitrogens is 3. The third-order valence-electron chi connectivity index (χ3n) is 3.33. The Balaban J connectivity index is 2.41. The molecule has 0 aliphatic rings. The molecule has 1 N–H and O–H groups in total. The van der Waals surface area contributed by atoms with E-state index in [1.807, 2.05) is 25.2 Å². The van der Waals surface area contributed by atoms with Gasteiger partial charge in [0.05, 0.1) is 13.1 Å². The molecule has 0 saturated carbocycles. The number of benzene rings is 1. The number of hydrogen-bond acceptors (Lipinski definition) is 3. The smallest absolute Gasteiger partial charge is 0.267 e. The van der Waals surface area contributed by atoms with Crippen molar-refractivity contribution in [2.75, 3.05) is 12.4 Å². The van der Waals surface area contributed by atoms with E-state index in [9.17, 15) is 0 Å². The summed E-state index contributed by atoms with van der Waals surface area (Å²) < 4.78 is 2.06. The van der Waals surface area contributed by atoms with E-state index < -0.39 is 0 Å². The van der Waals surface area contributed by atoms with E-state index in [1.54, 1.807) is 12.0 Å². The molecule has 0 saturated heterocycles. The molecule has 5 heteroatoms. The van der Waals surface area contributed by atoms with Crippen LogP contribution in [0.5, 0.6) is 0 Å². The van der Waals surface area contributed by atoms with Gasteiger partial charge >= 0.3 is 11.5 Å². The van der Waals surface area contributed by atoms with Crippen LogP contribution in [0.4, 0.5) is 5.95 Å². The number of nitrogens with zero attached hydrogens (tertiary/aromatic N) is 3. The van der Waals surface area contributed by atoms with Gasteiger partial charge in [-0.25, -0.2) is 9.40 Å². The fourth-order valence-corrected chi connectivity index (χ4v) is 2.48. The zero-order valence-electron chi connectivity index (χ0n) is 12.9. The highest BCUT2D eigenvalue weighted by Crippen LogP contribution is 2.09. The lowest BCUT2D eigenvalue weighted by Gasteiger charge is -2.11. The monoisotopic (exact) mass is 276 g/mol. The molecule has 0 bridgehead atoms. The molecule has 5 nitrogen and oxygen atoms in total. The first kappa shape index (κ1) is 14.5. The zero-order chi connectivity index (χ0) is 14.7. The molecule has 0 amide bonds. The maximum atomic E-state index is 5.34. The SMILES string of the molecule is CO[n+]1nc(NC(C)CC(C)C)[n+](C)c2ccccc21. The van der Waals surface area contributed by atoms with Crippen LogP contribution in [0.2, 0.25) is 0 Å². The summed E-state index contributed by atoms with van der Waals surface area (Å²) >= 11 is 0. The largest absolute Gasteiger partial charge is 0.464 e. The van der Waals surface area contributed by atoms with Crippen molar-refractivity contribution in [2.45, 2.75) is 33.2 Å². The number of hydrogen-bond donors (Lipinski definition) is 1. The van der Waals surface area contributed by atoms with Gasteiger partial charge < -0.3 is 0 Å². The second-order valence-electron chi connectivity index (χ2n) is 5.60. The Kier molecular flexibility index (Phi) is 4.37. The number of para-hydroxylation sites is 2. The molecule has 0 aliphatic carbocycles. The summed E-state index contributed by atoms with van der Waals surface area (Å²) in [5, 5.41) is 7.97. The van der Waals surface area contributed by atoms with E-state index in [1.165, 1.54) is 0 Å². The van der Waals surface area contributed by atoms with Crippen LogP contribution in [-0.4, -0.2) is 18.3 Å². The minimum Gasteiger partial charge on any atom is -0.267 e. The Morgan fingerprint density at radius 3 is 2.45 bits per heavy atom. The van der Waals surface area contributed by atoms with Crippen LogP contribution in [0.1, 0.15) is 27.2 Å². The van der Waals surface area contributed by atoms with Crippen LogP contribution in [0.25, 0.3) is 11.0 Å². The Morgan fingerprint density at radius 2 is 1.85 bits per heavy atom. The van der Waals surface area contributed by atoms with Crippen molar-refractivity contribution >= 4 is 17.0 Å². The van der Waals surface area contributed by atoms with Crippen molar-refractivity contribution in [3.8, 4) is 0 Å². The third kappa shape index (κ3) is 2.98. The fourth-order valence-electron chi connectivity index (χ4n) is 2.48. The Hall–Kier alpha value is -1.91. The van der Waals surface area contributed by atoms with E-state index in [-0.39, 0.29) is 0 Å². The van der Waals surface area contributed by atoms with Gasteiger partial charge in [0.25, 0.3) is 0 Å². The predicted octanol–water partition coefficient (Wildman–Crippen LogP) is 1.25. The lowest BCUT2D eigenvalue weighted by atomic mass is 10.1. The standard InChI is InChI=1S/C15H23N4O/c1-11(2)10-12(3)16-15-17-19(20-5)14-9-7-6-8-13(14)18(15)4/h6-9,11-12H,10H2,1-5H3/q+1/p+1. The average molecular weight is 276 g/mol. The Bertz CT molecular complexity index is 598. The van der Waals surface area contributed by atoms with Crippen LogP contribution in [-0.2, 0) is 7.05 Å². The molecule has 2 aromatic rings. The van der Waals surface area contributed by atoms with Gasteiger partial charge in [-0.2, -0.15) is 0 Å². The Labute approximate surface area is 120 Å². The zero-order valence-corrected chi connectivity index (χ0v) is 12.9. The molecule has 0 radical (unpaired) electrons. The molecular formula is C15H24N4O+2. The summed E-state index contributed by atoms with van der Waals surface area (Å²) in [4.78, 5) is 6.89. The van der Waals surface area contributed by atoms with Crippen LogP contribution < -0.4 is 19.6 Å². The molecule has 0 aliphatic heterocycles. The normalized spacial score (nSPS) is 12.7. The summed E-state index contributed by atoms with van der Waals surface area (Å²) in [7, 11) is 3.64. The second-order valence-corrected chi connectivity index (χ2v) is 5.60. The Morgan fingerprint density at radius 1 is 1.20 bits per heavy atom. The number of anilines is 1. The van der Waals surface area contributed by atoms with Gasteiger partial charge in [0.2, 0.25) is 9.94 Å². The molecule has 0 spiro atoms. The van der Waals surface area contributed by atoms with Gasteiger partial charge in [-0.1, -0.05) is 26.0 Å². The van der Waals surface area contributed by atoms with Crippen molar-refractivity contribution in [3.05, 3.63) is 24.3 Å². The summed E-state index contributed by atoms with van der Waals surface area (Å²) in [5.74, 6) is 1.46. The minimum atomic E-state index is 0.361. The van der Waals surface area contributed by atoms with Gasteiger partial charge in [-0.15, -0.1) is 0 Å². The summed E-state index contributed by atoms with van der Waals surface area (Å²) in [6.45, 7) is 6.62. The summed E-state index contributed by atoms with van der Waals surface area (Å²) in [5.41, 5.74) is 2.02. The van der Waals surface area contributed by atoms with Crippen LogP contribution in [0.3, 0.4) is 0 Å². The first-order chi connectivity index (χ1) is 9.52. The molecule has 1 aromatic heterocycles. The highest BCUT2D eigenvalue weighted by molar-refractivity contribution is 5.66. The lowest BCUT2D eigenvalue weighted by molar-refractivity contribution is -0.916. The van der Waals surface area contributed by atoms with Crippen molar-refractivity contribution < 1.29 is 14.2 Å². The number of rotatable bonds is 5. The number of nitrogens with one attached hydrogen (secondary N) is 1. The highest BCUT2D eigenvalue weighted by atomic mass is 16.7. The van der Waals surface area contributed by atoms with Crippen molar-refractivity contribution in [1.29, 1.82) is 0 Å². The molecule has 2 rings (SSSR count). The summed E-state index contributed by atoms with van der Waals surface area (Å²) in [6.07, 6.45) is 1.10. The van der Waals surface area contributed by atoms with Crippen molar-refractivity contribution in [3.63, 3.8) is 0 Å². The van der Waals surface area contributed by atoms with Gasteiger partial charge in [0.15, 0.2) is 12.6 Å². The van der Waals surface area contributed by atoms with E-state index in [0.29, 0.717) is 12.0 Å². The first-order valence-corrected chi connectivity index (χ1v) is 7.05. The molecule has 1 unspecified atom stereocenters. The number of aryl methyl sites for hydroxylation is 1. The van der Waals surface area contributed by atoms with Gasteiger partial charge in [-0.05, 0) is 25.3 Å². The molecule has 1 heterocycles. The van der Waals surface area contributed by atoms with Gasteiger partial charge in [0, 0.05) is 6.07 Å². The molecule has 20 heavy (non-hydrogen) atoms. The van der Waals surface area contributed by atoms with Crippen molar-refractivity contribution in [2.24, 2.45) is 13.0 Å². The topological polar surface area (TPSA) is 41.9 Å². The average Bonchev–Trinajstić information content (AvgIpc) is 2.41. The van der Waals surface area contributed by atoms with E-state index >= 15 is 0 Å². The maximum Gasteiger partial charge on any atom is 0.464 e. The number of fused-ring (bicyclic) bond motifs is 1. The maximum absolute atomic E-state index is 5.34. The molecule has 0 fully saturated rings. The van der Waals surface area contributed by atoms with Gasteiger partial charge in [-0.3, -0.25) is 5.32 Å². The van der Waals surface area contributed by atoms with Gasteiger partial charge in [0.1, 0.15) is 0 Å². The molecular weight excluding hydrogens is 252 g/mol. The molecule has 1 atom stereocenters. The highest BCUT2D eigenvalue weighted by Gasteiger charge is 2.27. The van der Waals surface area contributed by atoms with Crippen LogP contribution >= 0.6 is 0 Å². The fraction of sp³-hybridized carbons (Fsp3) is 0.533. The minimum absolute atomic E-state index is 0.361. The first-order valence-electron chi connectivity index (χ1n) is 7.05. The van der Waals surface area contributed by atoms with Crippen LogP contribution in [0, 0.1) is 5.92 Å². The van der Waals surface area contributed by atoms with Crippen molar-refractivity contribution in [1.82, 2.24) is 5.10 Å². The third-order valence-corrected chi connectivity index (χ3v) is 3.33. The van der Waals surface area contributed by atoms with E-state index in [2.05, 4.69) is 41.8 Å². The van der Waals surface area contributed by atoms with Crippen LogP contribution in [0.15, 0.2) is 24.3 Å². The quantitative estimate of drug-likeness (QED) is 0.836. The molecule has 1 aromatic carbocycles.